The normalized spacial score (nSPS) is 19.8. The number of rotatable bonds is 5. The van der Waals surface area contributed by atoms with Crippen LogP contribution in [0.1, 0.15) is 39.5 Å². The van der Waals surface area contributed by atoms with E-state index in [1.165, 1.54) is 16.4 Å². The van der Waals surface area contributed by atoms with E-state index in [2.05, 4.69) is 5.32 Å². The molecule has 0 spiro atoms. The van der Waals surface area contributed by atoms with Gasteiger partial charge in [-0.15, -0.1) is 0 Å². The van der Waals surface area contributed by atoms with Crippen molar-refractivity contribution in [2.24, 2.45) is 11.8 Å². The van der Waals surface area contributed by atoms with Gasteiger partial charge in [-0.3, -0.25) is 9.59 Å². The van der Waals surface area contributed by atoms with Crippen LogP contribution in [-0.2, 0) is 19.6 Å². The number of sulfonamides is 1. The molecule has 0 atom stereocenters. The van der Waals surface area contributed by atoms with Gasteiger partial charge in [0, 0.05) is 44.1 Å². The molecule has 30 heavy (non-hydrogen) atoms. The second-order valence-corrected chi connectivity index (χ2v) is 10.3. The number of nitrogens with zero attached hydrogens (tertiary/aromatic N) is 2. The first kappa shape index (κ1) is 22.7. The van der Waals surface area contributed by atoms with E-state index in [0.29, 0.717) is 38.8 Å². The molecule has 0 bridgehead atoms. The Morgan fingerprint density at radius 3 is 2.03 bits per heavy atom. The summed E-state index contributed by atoms with van der Waals surface area (Å²) in [5.74, 6) is -0.637. The Kier molecular flexibility index (Phi) is 7.13. The monoisotopic (exact) mass is 439 g/mol. The lowest BCUT2D eigenvalue weighted by molar-refractivity contribution is -0.140. The molecule has 2 amide bonds. The van der Waals surface area contributed by atoms with E-state index < -0.39 is 15.8 Å². The fourth-order valence-corrected chi connectivity index (χ4v) is 5.59. The third-order valence-electron chi connectivity index (χ3n) is 5.86. The first-order chi connectivity index (χ1) is 14.2. The molecular formula is C21H30FN3O4S. The average Bonchev–Trinajstić information content (AvgIpc) is 2.73. The van der Waals surface area contributed by atoms with Crippen LogP contribution in [0, 0.1) is 17.7 Å². The lowest BCUT2D eigenvalue weighted by atomic mass is 9.92. The van der Waals surface area contributed by atoms with Crippen LogP contribution in [-0.4, -0.2) is 61.7 Å². The van der Waals surface area contributed by atoms with Gasteiger partial charge in [0.1, 0.15) is 5.82 Å². The lowest BCUT2D eigenvalue weighted by Crippen LogP contribution is -2.48. The van der Waals surface area contributed by atoms with Gasteiger partial charge in [-0.05, 0) is 63.8 Å². The van der Waals surface area contributed by atoms with Crippen molar-refractivity contribution < 1.29 is 22.4 Å². The van der Waals surface area contributed by atoms with E-state index in [-0.39, 0.29) is 47.7 Å². The Bertz CT molecular complexity index is 857. The number of carbonyl (C=O) groups excluding carboxylic acids is 2. The summed E-state index contributed by atoms with van der Waals surface area (Å²) in [5.41, 5.74) is 0. The van der Waals surface area contributed by atoms with E-state index in [0.717, 1.165) is 12.1 Å². The Labute approximate surface area is 177 Å². The summed E-state index contributed by atoms with van der Waals surface area (Å²) in [7, 11) is -3.68. The molecular weight excluding hydrogens is 409 g/mol. The zero-order valence-electron chi connectivity index (χ0n) is 17.5. The molecule has 1 aromatic rings. The van der Waals surface area contributed by atoms with Gasteiger partial charge in [0.25, 0.3) is 0 Å². The highest BCUT2D eigenvalue weighted by molar-refractivity contribution is 7.89. The molecule has 1 aromatic carbocycles. The maximum atomic E-state index is 13.1. The van der Waals surface area contributed by atoms with Crippen LogP contribution in [0.25, 0.3) is 0 Å². The summed E-state index contributed by atoms with van der Waals surface area (Å²) >= 11 is 0. The Hall–Kier alpha value is -2.00. The van der Waals surface area contributed by atoms with Crippen molar-refractivity contribution in [3.8, 4) is 0 Å². The number of amides is 2. The molecule has 3 rings (SSSR count). The quantitative estimate of drug-likeness (QED) is 0.760. The van der Waals surface area contributed by atoms with Crippen molar-refractivity contribution >= 4 is 21.8 Å². The predicted octanol–water partition coefficient (Wildman–Crippen LogP) is 1.99. The molecule has 166 valence electrons. The molecule has 2 saturated heterocycles. The van der Waals surface area contributed by atoms with Gasteiger partial charge in [0.05, 0.1) is 4.90 Å². The number of benzene rings is 1. The van der Waals surface area contributed by atoms with Crippen LogP contribution in [0.15, 0.2) is 29.2 Å². The highest BCUT2D eigenvalue weighted by Gasteiger charge is 2.35. The number of hydrogen-bond acceptors (Lipinski definition) is 4. The van der Waals surface area contributed by atoms with E-state index >= 15 is 0 Å². The summed E-state index contributed by atoms with van der Waals surface area (Å²) in [5, 5.41) is 2.93. The minimum absolute atomic E-state index is 0.0522. The Morgan fingerprint density at radius 2 is 1.50 bits per heavy atom. The van der Waals surface area contributed by atoms with Gasteiger partial charge in [-0.25, -0.2) is 12.8 Å². The van der Waals surface area contributed by atoms with Crippen molar-refractivity contribution in [3.05, 3.63) is 30.1 Å². The molecule has 9 heteroatoms. The highest BCUT2D eigenvalue weighted by Crippen LogP contribution is 2.27. The minimum atomic E-state index is -3.68. The summed E-state index contributed by atoms with van der Waals surface area (Å²) in [6, 6.07) is 4.90. The molecule has 7 nitrogen and oxygen atoms in total. The Morgan fingerprint density at radius 1 is 0.967 bits per heavy atom. The molecule has 2 fully saturated rings. The van der Waals surface area contributed by atoms with Crippen LogP contribution < -0.4 is 5.32 Å². The SMILES string of the molecule is CC(C)NC(=O)C1CCN(C(=O)C2CCN(S(=O)(=O)c3ccc(F)cc3)CC2)CC1. The predicted molar refractivity (Wildman–Crippen MR) is 110 cm³/mol. The van der Waals surface area contributed by atoms with Crippen LogP contribution in [0.2, 0.25) is 0 Å². The number of halogens is 1. The summed E-state index contributed by atoms with van der Waals surface area (Å²) in [6.07, 6.45) is 2.24. The van der Waals surface area contributed by atoms with Gasteiger partial charge in [0.15, 0.2) is 0 Å². The van der Waals surface area contributed by atoms with Crippen molar-refractivity contribution in [1.29, 1.82) is 0 Å². The van der Waals surface area contributed by atoms with E-state index in [1.807, 2.05) is 18.7 Å². The van der Waals surface area contributed by atoms with Gasteiger partial charge in [-0.2, -0.15) is 4.31 Å². The molecule has 2 aliphatic heterocycles. The molecule has 1 N–H and O–H groups in total. The molecule has 0 saturated carbocycles. The van der Waals surface area contributed by atoms with Crippen molar-refractivity contribution in [1.82, 2.24) is 14.5 Å². The molecule has 2 heterocycles. The molecule has 0 aliphatic carbocycles. The molecule has 2 aliphatic rings. The number of hydrogen-bond donors (Lipinski definition) is 1. The standard InChI is InChI=1S/C21H30FN3O4S/c1-15(2)23-20(26)16-7-11-24(12-8-16)21(27)17-9-13-25(14-10-17)30(28,29)19-5-3-18(22)4-6-19/h3-6,15-17H,7-14H2,1-2H3,(H,23,26). The number of likely N-dealkylation sites (tertiary alicyclic amines) is 1. The zero-order valence-corrected chi connectivity index (χ0v) is 18.3. The first-order valence-corrected chi connectivity index (χ1v) is 12.0. The van der Waals surface area contributed by atoms with Gasteiger partial charge in [-0.1, -0.05) is 0 Å². The van der Waals surface area contributed by atoms with E-state index in [9.17, 15) is 22.4 Å². The summed E-state index contributed by atoms with van der Waals surface area (Å²) in [6.45, 7) is 5.51. The summed E-state index contributed by atoms with van der Waals surface area (Å²) < 4.78 is 39.9. The second kappa shape index (κ2) is 9.43. The fourth-order valence-electron chi connectivity index (χ4n) is 4.12. The molecule has 0 radical (unpaired) electrons. The average molecular weight is 440 g/mol. The lowest BCUT2D eigenvalue weighted by Gasteiger charge is -2.36. The maximum absolute atomic E-state index is 13.1. The van der Waals surface area contributed by atoms with E-state index in [1.54, 1.807) is 0 Å². The van der Waals surface area contributed by atoms with Crippen molar-refractivity contribution in [3.63, 3.8) is 0 Å². The Balaban J connectivity index is 1.51. The van der Waals surface area contributed by atoms with E-state index in [4.69, 9.17) is 0 Å². The first-order valence-electron chi connectivity index (χ1n) is 10.5. The van der Waals surface area contributed by atoms with Crippen LogP contribution in [0.4, 0.5) is 4.39 Å². The van der Waals surface area contributed by atoms with Gasteiger partial charge < -0.3 is 10.2 Å². The minimum Gasteiger partial charge on any atom is -0.354 e. The van der Waals surface area contributed by atoms with Crippen LogP contribution >= 0.6 is 0 Å². The van der Waals surface area contributed by atoms with Crippen LogP contribution in [0.3, 0.4) is 0 Å². The molecule has 0 unspecified atom stereocenters. The smallest absolute Gasteiger partial charge is 0.243 e. The number of piperidine rings is 2. The van der Waals surface area contributed by atoms with Gasteiger partial charge >= 0.3 is 0 Å². The fraction of sp³-hybridized carbons (Fsp3) is 0.619. The topological polar surface area (TPSA) is 86.8 Å². The number of nitrogens with one attached hydrogen (secondary N) is 1. The number of carbonyl (C=O) groups is 2. The maximum Gasteiger partial charge on any atom is 0.243 e. The third kappa shape index (κ3) is 5.18. The van der Waals surface area contributed by atoms with Crippen LogP contribution in [0.5, 0.6) is 0 Å². The molecule has 0 aromatic heterocycles. The van der Waals surface area contributed by atoms with Gasteiger partial charge in [0.2, 0.25) is 21.8 Å². The largest absolute Gasteiger partial charge is 0.354 e. The summed E-state index contributed by atoms with van der Waals surface area (Å²) in [4.78, 5) is 26.9. The second-order valence-electron chi connectivity index (χ2n) is 8.40. The van der Waals surface area contributed by atoms with Crippen molar-refractivity contribution in [2.75, 3.05) is 26.2 Å². The highest BCUT2D eigenvalue weighted by atomic mass is 32.2. The zero-order chi connectivity index (χ0) is 21.9. The third-order valence-corrected chi connectivity index (χ3v) is 7.78. The van der Waals surface area contributed by atoms with Crippen molar-refractivity contribution in [2.45, 2.75) is 50.5 Å².